The maximum atomic E-state index is 10.9. The fourth-order valence-corrected chi connectivity index (χ4v) is 4.09. The molecule has 0 saturated heterocycles. The van der Waals surface area contributed by atoms with Gasteiger partial charge in [0.15, 0.2) is 0 Å². The Labute approximate surface area is 153 Å². The van der Waals surface area contributed by atoms with Crippen LogP contribution in [0.2, 0.25) is 0 Å². The molecule has 138 valence electrons. The molecule has 2 heterocycles. The molecule has 0 fully saturated rings. The van der Waals surface area contributed by atoms with Crippen molar-refractivity contribution < 1.29 is 15.1 Å². The van der Waals surface area contributed by atoms with Crippen LogP contribution in [-0.4, -0.2) is 54.3 Å². The normalized spacial score (nSPS) is 12.8. The molecule has 2 aromatic heterocycles. The molecule has 9 nitrogen and oxygen atoms in total. The van der Waals surface area contributed by atoms with Gasteiger partial charge in [0.2, 0.25) is 10.8 Å². The van der Waals surface area contributed by atoms with Crippen molar-refractivity contribution in [2.24, 2.45) is 0 Å². The number of nitro groups is 1. The van der Waals surface area contributed by atoms with E-state index in [2.05, 4.69) is 10.1 Å². The molecular formula is C16H19N5O4S. The SMILES string of the molecule is CCN(CCO)C(c1ccc([N+](=O)[O-])cc1)c1sc2nc(C)nn2c1O. The summed E-state index contributed by atoms with van der Waals surface area (Å²) < 4.78 is 1.39. The molecule has 0 aliphatic heterocycles. The van der Waals surface area contributed by atoms with Gasteiger partial charge in [-0.3, -0.25) is 15.0 Å². The zero-order valence-electron chi connectivity index (χ0n) is 14.4. The Balaban J connectivity index is 2.11. The zero-order chi connectivity index (χ0) is 18.8. The average molecular weight is 377 g/mol. The molecule has 26 heavy (non-hydrogen) atoms. The van der Waals surface area contributed by atoms with Gasteiger partial charge >= 0.3 is 0 Å². The van der Waals surface area contributed by atoms with Crippen LogP contribution in [0, 0.1) is 17.0 Å². The van der Waals surface area contributed by atoms with Crippen LogP contribution in [0.15, 0.2) is 24.3 Å². The third-order valence-electron chi connectivity index (χ3n) is 4.13. The van der Waals surface area contributed by atoms with Crippen molar-refractivity contribution in [3.05, 3.63) is 50.6 Å². The number of aromatic nitrogens is 3. The molecule has 1 unspecified atom stereocenters. The minimum atomic E-state index is -0.451. The number of aryl methyl sites for hydroxylation is 1. The summed E-state index contributed by atoms with van der Waals surface area (Å²) in [6.45, 7) is 4.67. The van der Waals surface area contributed by atoms with E-state index < -0.39 is 4.92 Å². The van der Waals surface area contributed by atoms with E-state index in [4.69, 9.17) is 0 Å². The van der Waals surface area contributed by atoms with Gasteiger partial charge in [0.05, 0.1) is 22.4 Å². The molecule has 3 rings (SSSR count). The molecule has 0 aliphatic rings. The molecule has 0 bridgehead atoms. The summed E-state index contributed by atoms with van der Waals surface area (Å²) in [7, 11) is 0. The summed E-state index contributed by atoms with van der Waals surface area (Å²) in [5.41, 5.74) is 0.780. The van der Waals surface area contributed by atoms with Crippen LogP contribution in [0.5, 0.6) is 5.88 Å². The number of non-ortho nitro benzene ring substituents is 1. The number of fused-ring (bicyclic) bond motifs is 1. The first-order chi connectivity index (χ1) is 12.5. The second kappa shape index (κ2) is 7.36. The van der Waals surface area contributed by atoms with Crippen LogP contribution in [0.3, 0.4) is 0 Å². The second-order valence-corrected chi connectivity index (χ2v) is 6.76. The second-order valence-electron chi connectivity index (χ2n) is 5.75. The molecule has 3 aromatic rings. The quantitative estimate of drug-likeness (QED) is 0.478. The molecule has 1 aromatic carbocycles. The average Bonchev–Trinajstić information content (AvgIpc) is 3.12. The van der Waals surface area contributed by atoms with Crippen molar-refractivity contribution in [2.45, 2.75) is 19.9 Å². The minimum Gasteiger partial charge on any atom is -0.492 e. The van der Waals surface area contributed by atoms with E-state index in [0.29, 0.717) is 28.8 Å². The van der Waals surface area contributed by atoms with Crippen molar-refractivity contribution in [2.75, 3.05) is 19.7 Å². The van der Waals surface area contributed by atoms with Crippen molar-refractivity contribution in [3.63, 3.8) is 0 Å². The molecular weight excluding hydrogens is 358 g/mol. The van der Waals surface area contributed by atoms with Gasteiger partial charge < -0.3 is 10.2 Å². The van der Waals surface area contributed by atoms with E-state index in [1.54, 1.807) is 19.1 Å². The Morgan fingerprint density at radius 3 is 2.62 bits per heavy atom. The fourth-order valence-electron chi connectivity index (χ4n) is 2.93. The topological polar surface area (TPSA) is 117 Å². The summed E-state index contributed by atoms with van der Waals surface area (Å²) in [4.78, 5) is 17.9. The predicted octanol–water partition coefficient (Wildman–Crippen LogP) is 2.12. The van der Waals surface area contributed by atoms with E-state index in [0.717, 1.165) is 5.56 Å². The van der Waals surface area contributed by atoms with Crippen LogP contribution in [0.1, 0.15) is 29.2 Å². The number of nitrogens with zero attached hydrogens (tertiary/aromatic N) is 5. The lowest BCUT2D eigenvalue weighted by Gasteiger charge is -2.29. The molecule has 2 N–H and O–H groups in total. The third-order valence-corrected chi connectivity index (χ3v) is 5.20. The van der Waals surface area contributed by atoms with Crippen molar-refractivity contribution in [3.8, 4) is 5.88 Å². The highest BCUT2D eigenvalue weighted by atomic mass is 32.1. The largest absolute Gasteiger partial charge is 0.492 e. The highest BCUT2D eigenvalue weighted by molar-refractivity contribution is 7.17. The van der Waals surface area contributed by atoms with Crippen molar-refractivity contribution in [1.29, 1.82) is 0 Å². The zero-order valence-corrected chi connectivity index (χ0v) is 15.2. The predicted molar refractivity (Wildman–Crippen MR) is 96.5 cm³/mol. The highest BCUT2D eigenvalue weighted by Crippen LogP contribution is 2.40. The first kappa shape index (κ1) is 18.2. The van der Waals surface area contributed by atoms with Crippen LogP contribution < -0.4 is 0 Å². The van der Waals surface area contributed by atoms with Crippen LogP contribution in [-0.2, 0) is 0 Å². The van der Waals surface area contributed by atoms with Gasteiger partial charge in [-0.05, 0) is 19.0 Å². The molecule has 0 aliphatic carbocycles. The molecule has 0 spiro atoms. The number of rotatable bonds is 7. The van der Waals surface area contributed by atoms with Gasteiger partial charge in [-0.15, -0.1) is 5.10 Å². The van der Waals surface area contributed by atoms with Gasteiger partial charge in [-0.2, -0.15) is 4.52 Å². The van der Waals surface area contributed by atoms with Crippen LogP contribution in [0.25, 0.3) is 4.96 Å². The number of aromatic hydroxyl groups is 1. The summed E-state index contributed by atoms with van der Waals surface area (Å²) in [5, 5.41) is 35.2. The molecule has 1 atom stereocenters. The first-order valence-electron chi connectivity index (χ1n) is 8.10. The third kappa shape index (κ3) is 3.26. The Hall–Kier alpha value is -2.56. The Bertz CT molecular complexity index is 921. The highest BCUT2D eigenvalue weighted by Gasteiger charge is 2.29. The van der Waals surface area contributed by atoms with Gasteiger partial charge in [-0.1, -0.05) is 30.4 Å². The van der Waals surface area contributed by atoms with Crippen molar-refractivity contribution in [1.82, 2.24) is 19.5 Å². The minimum absolute atomic E-state index is 0.000187. The van der Waals surface area contributed by atoms with E-state index >= 15 is 0 Å². The van der Waals surface area contributed by atoms with Gasteiger partial charge in [0.25, 0.3) is 5.69 Å². The Morgan fingerprint density at radius 2 is 2.08 bits per heavy atom. The van der Waals surface area contributed by atoms with Gasteiger partial charge in [0.1, 0.15) is 5.82 Å². The van der Waals surface area contributed by atoms with E-state index in [-0.39, 0.29) is 24.2 Å². The summed E-state index contributed by atoms with van der Waals surface area (Å²) >= 11 is 1.31. The molecule has 0 radical (unpaired) electrons. The maximum Gasteiger partial charge on any atom is 0.269 e. The number of aliphatic hydroxyl groups is 1. The maximum absolute atomic E-state index is 10.9. The lowest BCUT2D eigenvalue weighted by Crippen LogP contribution is -2.31. The van der Waals surface area contributed by atoms with Crippen LogP contribution >= 0.6 is 11.3 Å². The lowest BCUT2D eigenvalue weighted by atomic mass is 10.0. The van der Waals surface area contributed by atoms with E-state index in [1.807, 2.05) is 11.8 Å². The van der Waals surface area contributed by atoms with Gasteiger partial charge in [0, 0.05) is 18.7 Å². The standard InChI is InChI=1S/C16H19N5O4S/c1-3-19(8-9-22)13(11-4-6-12(7-5-11)21(24)25)14-15(23)20-16(26-14)17-10(2)18-20/h4-7,13,22-23H,3,8-9H2,1-2H3. The number of nitro benzene ring substituents is 1. The van der Waals surface area contributed by atoms with Crippen LogP contribution in [0.4, 0.5) is 5.69 Å². The summed E-state index contributed by atoms with van der Waals surface area (Å²) in [5.74, 6) is 0.554. The number of thiazole rings is 1. The number of benzene rings is 1. The number of likely N-dealkylation sites (N-methyl/N-ethyl adjacent to an activating group) is 1. The fraction of sp³-hybridized carbons (Fsp3) is 0.375. The Kier molecular flexibility index (Phi) is 5.16. The van der Waals surface area contributed by atoms with E-state index in [9.17, 15) is 20.3 Å². The Morgan fingerprint density at radius 1 is 1.38 bits per heavy atom. The number of aliphatic hydroxyl groups excluding tert-OH is 1. The summed E-state index contributed by atoms with van der Waals surface area (Å²) in [6.07, 6.45) is 0. The first-order valence-corrected chi connectivity index (χ1v) is 8.92. The van der Waals surface area contributed by atoms with Crippen molar-refractivity contribution >= 4 is 22.0 Å². The molecule has 0 saturated carbocycles. The van der Waals surface area contributed by atoms with E-state index in [1.165, 1.54) is 28.0 Å². The smallest absolute Gasteiger partial charge is 0.269 e. The molecule has 0 amide bonds. The monoisotopic (exact) mass is 377 g/mol. The number of hydrogen-bond acceptors (Lipinski definition) is 8. The lowest BCUT2D eigenvalue weighted by molar-refractivity contribution is -0.384. The number of hydrogen-bond donors (Lipinski definition) is 2. The summed E-state index contributed by atoms with van der Waals surface area (Å²) in [6, 6.07) is 5.84. The van der Waals surface area contributed by atoms with Gasteiger partial charge in [-0.25, -0.2) is 4.98 Å². The molecule has 10 heteroatoms.